The lowest BCUT2D eigenvalue weighted by Gasteiger charge is -2.17. The molecule has 10 aromatic rings. The molecule has 94 heavy (non-hydrogen) atoms. The third-order valence-electron chi connectivity index (χ3n) is 12.6. The molecule has 0 fully saturated rings. The van der Waals surface area contributed by atoms with E-state index < -0.39 is 130 Å². The minimum atomic E-state index is -5.19. The molecule has 38 heteroatoms. The minimum absolute atomic E-state index is 0. The summed E-state index contributed by atoms with van der Waals surface area (Å²) in [6, 6.07) is 17.5. The fourth-order valence-electron chi connectivity index (χ4n) is 8.41. The number of rotatable bonds is 14. The Bertz CT molecular complexity index is 4970. The number of aromatic nitrogens is 4. The first-order chi connectivity index (χ1) is 43.3. The molecule has 4 aromatic heterocycles. The highest BCUT2D eigenvalue weighted by atomic mass is 79.9. The fourth-order valence-corrected chi connectivity index (χ4v) is 11.0. The van der Waals surface area contributed by atoms with E-state index in [1.54, 1.807) is 0 Å². The number of hydrogen-bond acceptors (Lipinski definition) is 16. The van der Waals surface area contributed by atoms with E-state index in [9.17, 15) is 74.7 Å². The summed E-state index contributed by atoms with van der Waals surface area (Å²) in [6.45, 7) is 0. The van der Waals surface area contributed by atoms with Gasteiger partial charge in [0.25, 0.3) is 11.1 Å². The second-order valence-corrected chi connectivity index (χ2v) is 22.9. The molecule has 0 saturated heterocycles. The maximum Gasteiger partial charge on any atom is 0.494 e. The number of nitrogens with zero attached hydrogens (tertiary/aromatic N) is 4. The lowest BCUT2D eigenvalue weighted by atomic mass is 9.81. The summed E-state index contributed by atoms with van der Waals surface area (Å²) in [7, 11) is -6.68. The van der Waals surface area contributed by atoms with Crippen LogP contribution in [-0.2, 0) is 20.2 Å². The van der Waals surface area contributed by atoms with Gasteiger partial charge < -0.3 is 37.4 Å². The van der Waals surface area contributed by atoms with E-state index in [0.29, 0.717) is 5.02 Å². The lowest BCUT2D eigenvalue weighted by molar-refractivity contribution is 0.346. The molecule has 2 atom stereocenters. The Labute approximate surface area is 546 Å². The average molecular weight is 1510 g/mol. The molecule has 0 spiro atoms. The summed E-state index contributed by atoms with van der Waals surface area (Å²) >= 11 is 14.6. The van der Waals surface area contributed by atoms with Crippen LogP contribution in [0.3, 0.4) is 0 Å². The molecule has 0 amide bonds. The number of benzene rings is 6. The quantitative estimate of drug-likeness (QED) is 0.0257. The van der Waals surface area contributed by atoms with Crippen molar-refractivity contribution in [3.63, 3.8) is 0 Å². The van der Waals surface area contributed by atoms with E-state index in [0.717, 1.165) is 69.8 Å². The summed E-state index contributed by atoms with van der Waals surface area (Å²) in [6.07, 6.45) is 2.66. The van der Waals surface area contributed by atoms with Crippen molar-refractivity contribution >= 4 is 114 Å². The van der Waals surface area contributed by atoms with Crippen LogP contribution in [0.15, 0.2) is 133 Å². The van der Waals surface area contributed by atoms with Crippen LogP contribution in [-0.4, -0.2) is 81.5 Å². The van der Waals surface area contributed by atoms with Gasteiger partial charge in [-0.15, -0.1) is 0 Å². The average Bonchev–Trinajstić information content (AvgIpc) is 0.767. The summed E-state index contributed by atoms with van der Waals surface area (Å²) in [5.74, 6) is -29.9. The molecule has 2 unspecified atom stereocenters. The predicted octanol–water partition coefficient (Wildman–Crippen LogP) is 11.2. The van der Waals surface area contributed by atoms with Crippen molar-refractivity contribution in [3.05, 3.63) is 214 Å². The normalized spacial score (nSPS) is 11.1. The van der Waals surface area contributed by atoms with Crippen molar-refractivity contribution in [3.8, 4) is 57.3 Å². The smallest absolute Gasteiger partial charge is 0.494 e. The standard InChI is InChI=1S/C28H15ClF6N2O6S.C22H10BrF6NO5S.C6H7BClNO3.2H3P/c1-41-20-9-15(16-8-13(29)11-36-28(16)42-2)17(30)10-19(20)37-18-5-4-14(7-12(18)3-6-21(37)38)44(39,40)43-27-25(34)23(32)22(31)24(33)26(27)35;1-34-15-7-11(23)12(24)8-14(15)30-13-4-3-10(6-9(13)2-5-16(30)31)36(32,33)35-22-20(28)18(26)17(25)19(27)21(22)29;1-12-6-5(7(10)11)2-4(8)3-9-6;;/h3-11H,1-2H3;2-8H,1H3;2-3,10-11H,1H3;2*1H3. The van der Waals surface area contributed by atoms with Crippen LogP contribution in [0.25, 0.3) is 44.3 Å². The van der Waals surface area contributed by atoms with Crippen LogP contribution in [0.4, 0.5) is 52.7 Å². The van der Waals surface area contributed by atoms with E-state index in [4.69, 9.17) is 52.2 Å². The zero-order valence-electron chi connectivity index (χ0n) is 47.5. The molecule has 6 aromatic carbocycles. The van der Waals surface area contributed by atoms with Gasteiger partial charge >= 0.3 is 27.4 Å². The monoisotopic (exact) mass is 1500 g/mol. The summed E-state index contributed by atoms with van der Waals surface area (Å²) in [5.41, 5.74) is -1.09. The van der Waals surface area contributed by atoms with Gasteiger partial charge in [0.15, 0.2) is 0 Å². The van der Waals surface area contributed by atoms with Crippen molar-refractivity contribution in [1.29, 1.82) is 0 Å². The SMILES string of the molecule is COc1cc(-c2cc(Cl)cnc2OC)c(F)cc1-n1c(=O)ccc2cc(S(=O)(=O)Oc3c(F)c(F)c(F)c(F)c3F)ccc21.COc1cc(Br)c(F)cc1-n1c(=O)ccc2cc(S(=O)(=O)Oc3c(F)c(F)c(F)c(F)c3F)ccc21.COc1ncc(Cl)cc1B(O)O.P.P. The molecule has 10 rings (SSSR count). The largest absolute Gasteiger partial charge is 0.495 e. The molecule has 0 aliphatic rings. The van der Waals surface area contributed by atoms with Crippen molar-refractivity contribution in [2.75, 3.05) is 28.4 Å². The second-order valence-electron chi connectivity index (χ2n) is 18.1. The topological polar surface area (TPSA) is 234 Å². The maximum atomic E-state index is 15.6. The number of fused-ring (bicyclic) bond motifs is 2. The Morgan fingerprint density at radius 2 is 0.851 bits per heavy atom. The van der Waals surface area contributed by atoms with Crippen LogP contribution in [0.1, 0.15) is 0 Å². The highest BCUT2D eigenvalue weighted by molar-refractivity contribution is 9.10. The third-order valence-corrected chi connectivity index (χ3v) is 16.1. The van der Waals surface area contributed by atoms with Gasteiger partial charge in [-0.1, -0.05) is 23.2 Å². The summed E-state index contributed by atoms with van der Waals surface area (Å²) in [5, 5.41) is 18.3. The molecule has 2 N–H and O–H groups in total. The Kier molecular flexibility index (Phi) is 23.9. The van der Waals surface area contributed by atoms with Gasteiger partial charge in [-0.05, 0) is 88.7 Å². The van der Waals surface area contributed by atoms with Gasteiger partial charge in [-0.25, -0.2) is 45.1 Å². The van der Waals surface area contributed by atoms with Crippen LogP contribution >= 0.6 is 58.9 Å². The number of hydrogen-bond donors (Lipinski definition) is 2. The fraction of sp³-hybridized carbons (Fsp3) is 0.0714. The van der Waals surface area contributed by atoms with E-state index in [-0.39, 0.29) is 102 Å². The number of halogens is 15. The van der Waals surface area contributed by atoms with Crippen LogP contribution in [0, 0.1) is 69.8 Å². The Balaban J connectivity index is 0.000000252. The van der Waals surface area contributed by atoms with Gasteiger partial charge in [-0.2, -0.15) is 54.2 Å². The van der Waals surface area contributed by atoms with E-state index >= 15 is 4.39 Å². The van der Waals surface area contributed by atoms with E-state index in [1.807, 2.05) is 0 Å². The molecule has 18 nitrogen and oxygen atoms in total. The summed E-state index contributed by atoms with van der Waals surface area (Å²) < 4.78 is 249. The molecule has 0 aliphatic heterocycles. The van der Waals surface area contributed by atoms with Crippen molar-refractivity contribution in [2.45, 2.75) is 9.79 Å². The molecule has 0 bridgehead atoms. The molecule has 4 heterocycles. The Hall–Kier alpha value is -8.20. The minimum Gasteiger partial charge on any atom is -0.495 e. The number of methoxy groups -OCH3 is 4. The number of pyridine rings is 4. The lowest BCUT2D eigenvalue weighted by Crippen LogP contribution is -2.31. The Morgan fingerprint density at radius 3 is 1.26 bits per heavy atom. The van der Waals surface area contributed by atoms with Gasteiger partial charge in [0.2, 0.25) is 81.4 Å². The number of ether oxygens (including phenoxy) is 4. The highest BCUT2D eigenvalue weighted by Crippen LogP contribution is 2.40. The molecule has 0 aliphatic carbocycles. The zero-order chi connectivity index (χ0) is 67.7. The van der Waals surface area contributed by atoms with Crippen molar-refractivity contribution in [2.24, 2.45) is 0 Å². The van der Waals surface area contributed by atoms with Crippen LogP contribution in [0.2, 0.25) is 10.0 Å². The first-order valence-electron chi connectivity index (χ1n) is 24.7. The predicted molar refractivity (Wildman–Crippen MR) is 331 cm³/mol. The van der Waals surface area contributed by atoms with Gasteiger partial charge in [0, 0.05) is 64.0 Å². The molecule has 0 radical (unpaired) electrons. The third kappa shape index (κ3) is 15.0. The summed E-state index contributed by atoms with van der Waals surface area (Å²) in [4.78, 5) is 31.9. The van der Waals surface area contributed by atoms with Gasteiger partial charge in [-0.3, -0.25) is 18.7 Å². The first kappa shape index (κ1) is 74.8. The van der Waals surface area contributed by atoms with Crippen LogP contribution < -0.4 is 43.9 Å². The van der Waals surface area contributed by atoms with Crippen LogP contribution in [0.5, 0.6) is 34.8 Å². The van der Waals surface area contributed by atoms with Gasteiger partial charge in [0.05, 0.1) is 65.4 Å². The highest BCUT2D eigenvalue weighted by Gasteiger charge is 2.34. The maximum absolute atomic E-state index is 15.6. The molecular weight excluding hydrogens is 1470 g/mol. The first-order valence-corrected chi connectivity index (χ1v) is 29.1. The van der Waals surface area contributed by atoms with E-state index in [1.165, 1.54) is 77.2 Å². The van der Waals surface area contributed by atoms with Crippen molar-refractivity contribution < 1.29 is 107 Å². The van der Waals surface area contributed by atoms with Gasteiger partial charge in [0.1, 0.15) is 32.9 Å². The zero-order valence-corrected chi connectivity index (χ0v) is 55.0. The molecule has 496 valence electrons. The molecule has 0 saturated carbocycles. The van der Waals surface area contributed by atoms with E-state index in [2.05, 4.69) is 34.3 Å². The second kappa shape index (κ2) is 30.0. The Morgan fingerprint density at radius 1 is 0.468 bits per heavy atom. The molecular formula is C56H38BBrCl2F12N4O14P2S2. The van der Waals surface area contributed by atoms with Crippen molar-refractivity contribution in [1.82, 2.24) is 19.1 Å².